The van der Waals surface area contributed by atoms with Crippen molar-refractivity contribution in [3.05, 3.63) is 35.4 Å². The molecular formula is C22H34O2. The standard InChI is InChI=1S/C22H34O2/c1-22(2,21(23)24)17-9-8-14-20-13-7-6-12-19(20)11-5-3-4-10-18-15-16-18/h6-7,12-13,18H,3-5,8-11,14-17H2,1-2H3,(H,23,24). The van der Waals surface area contributed by atoms with Crippen molar-refractivity contribution < 1.29 is 9.90 Å². The van der Waals surface area contributed by atoms with Gasteiger partial charge in [0.2, 0.25) is 0 Å². The fraction of sp³-hybridized carbons (Fsp3) is 0.682. The summed E-state index contributed by atoms with van der Waals surface area (Å²) < 4.78 is 0. The van der Waals surface area contributed by atoms with Crippen molar-refractivity contribution in [1.82, 2.24) is 0 Å². The lowest BCUT2D eigenvalue weighted by Gasteiger charge is -2.18. The molecule has 1 aromatic rings. The Morgan fingerprint density at radius 2 is 1.58 bits per heavy atom. The molecule has 2 heteroatoms. The van der Waals surface area contributed by atoms with E-state index in [1.807, 2.05) is 13.8 Å². The molecule has 24 heavy (non-hydrogen) atoms. The first-order valence-corrected chi connectivity index (χ1v) is 9.79. The van der Waals surface area contributed by atoms with Crippen LogP contribution in [0, 0.1) is 11.3 Å². The summed E-state index contributed by atoms with van der Waals surface area (Å²) in [5.41, 5.74) is 2.37. The number of hydrogen-bond donors (Lipinski definition) is 1. The van der Waals surface area contributed by atoms with E-state index in [1.165, 1.54) is 56.1 Å². The molecule has 2 rings (SSSR count). The molecule has 0 bridgehead atoms. The Labute approximate surface area is 147 Å². The third-order valence-corrected chi connectivity index (χ3v) is 5.45. The highest BCUT2D eigenvalue weighted by atomic mass is 16.4. The number of benzene rings is 1. The van der Waals surface area contributed by atoms with Crippen LogP contribution in [0.15, 0.2) is 24.3 Å². The molecule has 0 saturated heterocycles. The number of carboxylic acids is 1. The van der Waals surface area contributed by atoms with Crippen LogP contribution >= 0.6 is 0 Å². The predicted octanol–water partition coefficient (Wildman–Crippen LogP) is 6.02. The Morgan fingerprint density at radius 3 is 2.12 bits per heavy atom. The SMILES string of the molecule is CC(C)(CCCCc1ccccc1CCCCCC1CC1)C(=O)O. The monoisotopic (exact) mass is 330 g/mol. The highest BCUT2D eigenvalue weighted by Crippen LogP contribution is 2.34. The average Bonchev–Trinajstić information content (AvgIpc) is 3.36. The van der Waals surface area contributed by atoms with Crippen LogP contribution in [0.3, 0.4) is 0 Å². The van der Waals surface area contributed by atoms with Crippen LogP contribution in [0.2, 0.25) is 0 Å². The van der Waals surface area contributed by atoms with Crippen molar-refractivity contribution in [2.45, 2.75) is 84.5 Å². The van der Waals surface area contributed by atoms with Gasteiger partial charge in [-0.05, 0) is 63.0 Å². The molecule has 0 amide bonds. The van der Waals surface area contributed by atoms with E-state index in [0.29, 0.717) is 0 Å². The number of unbranched alkanes of at least 4 members (excludes halogenated alkanes) is 3. The first-order valence-electron chi connectivity index (χ1n) is 9.79. The summed E-state index contributed by atoms with van der Waals surface area (Å²) in [6.07, 6.45) is 13.5. The lowest BCUT2D eigenvalue weighted by molar-refractivity contribution is -0.147. The molecule has 1 saturated carbocycles. The minimum atomic E-state index is -0.686. The Kier molecular flexibility index (Phi) is 7.33. The maximum atomic E-state index is 11.2. The molecule has 0 aromatic heterocycles. The molecule has 134 valence electrons. The minimum absolute atomic E-state index is 0.596. The van der Waals surface area contributed by atoms with Gasteiger partial charge in [0.25, 0.3) is 0 Å². The lowest BCUT2D eigenvalue weighted by atomic mass is 9.86. The summed E-state index contributed by atoms with van der Waals surface area (Å²) in [4.78, 5) is 11.2. The molecule has 0 atom stereocenters. The van der Waals surface area contributed by atoms with Crippen molar-refractivity contribution in [2.24, 2.45) is 11.3 Å². The second-order valence-corrected chi connectivity index (χ2v) is 8.21. The van der Waals surface area contributed by atoms with Crippen LogP contribution < -0.4 is 0 Å². The smallest absolute Gasteiger partial charge is 0.309 e. The molecule has 0 radical (unpaired) electrons. The predicted molar refractivity (Wildman–Crippen MR) is 100 cm³/mol. The van der Waals surface area contributed by atoms with Gasteiger partial charge in [0.15, 0.2) is 0 Å². The van der Waals surface area contributed by atoms with Gasteiger partial charge >= 0.3 is 5.97 Å². The van der Waals surface area contributed by atoms with Gasteiger partial charge in [0, 0.05) is 0 Å². The van der Waals surface area contributed by atoms with Gasteiger partial charge in [-0.25, -0.2) is 0 Å². The van der Waals surface area contributed by atoms with E-state index in [-0.39, 0.29) is 0 Å². The molecule has 0 heterocycles. The van der Waals surface area contributed by atoms with Crippen LogP contribution in [0.4, 0.5) is 0 Å². The van der Waals surface area contributed by atoms with Crippen LogP contribution in [0.5, 0.6) is 0 Å². The highest BCUT2D eigenvalue weighted by Gasteiger charge is 2.26. The fourth-order valence-electron chi connectivity index (χ4n) is 3.37. The second kappa shape index (κ2) is 9.25. The van der Waals surface area contributed by atoms with Gasteiger partial charge in [-0.1, -0.05) is 62.8 Å². The maximum Gasteiger partial charge on any atom is 0.309 e. The van der Waals surface area contributed by atoms with E-state index in [1.54, 1.807) is 0 Å². The van der Waals surface area contributed by atoms with Crippen LogP contribution in [-0.4, -0.2) is 11.1 Å². The number of carbonyl (C=O) groups is 1. The normalized spacial score (nSPS) is 14.8. The molecule has 1 aliphatic rings. The number of aliphatic carboxylic acids is 1. The average molecular weight is 331 g/mol. The van der Waals surface area contributed by atoms with E-state index >= 15 is 0 Å². The molecule has 1 aliphatic carbocycles. The molecule has 1 N–H and O–H groups in total. The Hall–Kier alpha value is -1.31. The van der Waals surface area contributed by atoms with Gasteiger partial charge in [-0.2, -0.15) is 0 Å². The van der Waals surface area contributed by atoms with Gasteiger partial charge in [0.1, 0.15) is 0 Å². The number of carboxylic acid groups (broad SMARTS) is 1. The third-order valence-electron chi connectivity index (χ3n) is 5.45. The Morgan fingerprint density at radius 1 is 1.00 bits per heavy atom. The van der Waals surface area contributed by atoms with Crippen LogP contribution in [-0.2, 0) is 17.6 Å². The summed E-state index contributed by atoms with van der Waals surface area (Å²) >= 11 is 0. The fourth-order valence-corrected chi connectivity index (χ4v) is 3.37. The first kappa shape index (κ1) is 19.0. The van der Waals surface area contributed by atoms with Gasteiger partial charge in [-0.3, -0.25) is 4.79 Å². The van der Waals surface area contributed by atoms with Gasteiger partial charge in [-0.15, -0.1) is 0 Å². The second-order valence-electron chi connectivity index (χ2n) is 8.21. The van der Waals surface area contributed by atoms with E-state index in [0.717, 1.165) is 31.6 Å². The molecular weight excluding hydrogens is 296 g/mol. The number of hydrogen-bond acceptors (Lipinski definition) is 1. The summed E-state index contributed by atoms with van der Waals surface area (Å²) in [6, 6.07) is 8.81. The van der Waals surface area contributed by atoms with Crippen molar-refractivity contribution in [3.63, 3.8) is 0 Å². The summed E-state index contributed by atoms with van der Waals surface area (Å²) in [6.45, 7) is 3.65. The minimum Gasteiger partial charge on any atom is -0.481 e. The number of rotatable bonds is 12. The molecule has 1 fully saturated rings. The van der Waals surface area contributed by atoms with Crippen molar-refractivity contribution in [1.29, 1.82) is 0 Å². The topological polar surface area (TPSA) is 37.3 Å². The first-order chi connectivity index (χ1) is 11.5. The zero-order chi connectivity index (χ0) is 17.4. The van der Waals surface area contributed by atoms with E-state index in [2.05, 4.69) is 24.3 Å². The highest BCUT2D eigenvalue weighted by molar-refractivity contribution is 5.73. The van der Waals surface area contributed by atoms with E-state index < -0.39 is 11.4 Å². The van der Waals surface area contributed by atoms with Crippen LogP contribution in [0.25, 0.3) is 0 Å². The summed E-state index contributed by atoms with van der Waals surface area (Å²) in [5.74, 6) is 0.376. The Bertz CT molecular complexity index is 514. The molecule has 0 unspecified atom stereocenters. The number of aryl methyl sites for hydroxylation is 2. The summed E-state index contributed by atoms with van der Waals surface area (Å²) in [7, 11) is 0. The molecule has 1 aromatic carbocycles. The van der Waals surface area contributed by atoms with Crippen molar-refractivity contribution in [3.8, 4) is 0 Å². The van der Waals surface area contributed by atoms with E-state index in [4.69, 9.17) is 0 Å². The largest absolute Gasteiger partial charge is 0.481 e. The summed E-state index contributed by atoms with van der Waals surface area (Å²) in [5, 5.41) is 9.18. The van der Waals surface area contributed by atoms with E-state index in [9.17, 15) is 9.90 Å². The zero-order valence-electron chi connectivity index (χ0n) is 15.5. The van der Waals surface area contributed by atoms with Crippen molar-refractivity contribution >= 4 is 5.97 Å². The van der Waals surface area contributed by atoms with Gasteiger partial charge in [0.05, 0.1) is 5.41 Å². The molecule has 0 aliphatic heterocycles. The lowest BCUT2D eigenvalue weighted by Crippen LogP contribution is -2.23. The molecule has 2 nitrogen and oxygen atoms in total. The van der Waals surface area contributed by atoms with Crippen LogP contribution in [0.1, 0.15) is 82.8 Å². The van der Waals surface area contributed by atoms with Gasteiger partial charge < -0.3 is 5.11 Å². The Balaban J connectivity index is 1.68. The molecule has 0 spiro atoms. The quantitative estimate of drug-likeness (QED) is 0.476. The third kappa shape index (κ3) is 6.67. The maximum absolute atomic E-state index is 11.2. The zero-order valence-corrected chi connectivity index (χ0v) is 15.5. The van der Waals surface area contributed by atoms with Crippen molar-refractivity contribution in [2.75, 3.05) is 0 Å².